The first-order chi connectivity index (χ1) is 14.3. The van der Waals surface area contributed by atoms with Crippen LogP contribution in [-0.2, 0) is 11.3 Å². The lowest BCUT2D eigenvalue weighted by atomic mass is 10.0. The molecule has 0 bridgehead atoms. The largest absolute Gasteiger partial charge is 0.339 e. The van der Waals surface area contributed by atoms with E-state index in [9.17, 15) is 14.4 Å². The molecule has 3 aromatic rings. The Kier molecular flexibility index (Phi) is 6.51. The Morgan fingerprint density at radius 2 is 1.90 bits per heavy atom. The number of benzene rings is 1. The Hall–Kier alpha value is -3.20. The van der Waals surface area contributed by atoms with Crippen LogP contribution >= 0.6 is 11.3 Å². The van der Waals surface area contributed by atoms with Crippen molar-refractivity contribution >= 4 is 40.1 Å². The summed E-state index contributed by atoms with van der Waals surface area (Å²) in [5.74, 6) is -0.559. The second-order valence-electron chi connectivity index (χ2n) is 7.22. The Morgan fingerprint density at radius 1 is 1.13 bits per heavy atom. The highest BCUT2D eigenvalue weighted by Crippen LogP contribution is 2.17. The maximum absolute atomic E-state index is 12.6. The van der Waals surface area contributed by atoms with Crippen LogP contribution in [0, 0.1) is 12.8 Å². The van der Waals surface area contributed by atoms with Crippen LogP contribution in [0.3, 0.4) is 0 Å². The van der Waals surface area contributed by atoms with Crippen LogP contribution in [0.4, 0.5) is 0 Å². The van der Waals surface area contributed by atoms with Crippen LogP contribution in [0.2, 0.25) is 0 Å². The fourth-order valence-electron chi connectivity index (χ4n) is 3.21. The van der Waals surface area contributed by atoms with Gasteiger partial charge in [0, 0.05) is 12.1 Å². The number of rotatable bonds is 6. The molecule has 0 aliphatic rings. The highest BCUT2D eigenvalue weighted by atomic mass is 32.1. The van der Waals surface area contributed by atoms with Crippen molar-refractivity contribution in [2.24, 2.45) is 5.92 Å². The van der Waals surface area contributed by atoms with Crippen LogP contribution in [-0.4, -0.2) is 33.3 Å². The third-order valence-electron chi connectivity index (χ3n) is 4.80. The van der Waals surface area contributed by atoms with Crippen LogP contribution in [0.25, 0.3) is 11.0 Å². The van der Waals surface area contributed by atoms with Gasteiger partial charge < -0.3 is 9.88 Å². The summed E-state index contributed by atoms with van der Waals surface area (Å²) in [6, 6.07) is 7.89. The number of carbonyl (C=O) groups excluding carboxylic acids is 3. The molecular weight excluding hydrogens is 402 g/mol. The lowest BCUT2D eigenvalue weighted by molar-refractivity contribution is -0.124. The van der Waals surface area contributed by atoms with Crippen LogP contribution in [0.15, 0.2) is 35.7 Å². The van der Waals surface area contributed by atoms with Gasteiger partial charge in [-0.2, -0.15) is 0 Å². The zero-order valence-electron chi connectivity index (χ0n) is 17.4. The van der Waals surface area contributed by atoms with Crippen molar-refractivity contribution < 1.29 is 14.4 Å². The smallest absolute Gasteiger partial charge is 0.269 e. The van der Waals surface area contributed by atoms with E-state index in [0.29, 0.717) is 10.4 Å². The van der Waals surface area contributed by atoms with Crippen molar-refractivity contribution in [1.82, 2.24) is 25.7 Å². The van der Waals surface area contributed by atoms with Gasteiger partial charge in [0.1, 0.15) is 11.9 Å². The molecule has 9 heteroatoms. The van der Waals surface area contributed by atoms with Gasteiger partial charge in [-0.3, -0.25) is 25.2 Å². The van der Waals surface area contributed by atoms with E-state index in [1.54, 1.807) is 29.6 Å². The summed E-state index contributed by atoms with van der Waals surface area (Å²) in [5, 5.41) is 4.51. The number of hydrogen-bond donors (Lipinski definition) is 3. The molecule has 0 saturated heterocycles. The zero-order chi connectivity index (χ0) is 21.8. The Balaban J connectivity index is 1.65. The predicted octanol–water partition coefficient (Wildman–Crippen LogP) is 2.64. The Labute approximate surface area is 178 Å². The summed E-state index contributed by atoms with van der Waals surface area (Å²) in [7, 11) is 0. The Morgan fingerprint density at radius 3 is 2.53 bits per heavy atom. The van der Waals surface area contributed by atoms with E-state index in [-0.39, 0.29) is 11.8 Å². The van der Waals surface area contributed by atoms with Gasteiger partial charge in [0.15, 0.2) is 0 Å². The summed E-state index contributed by atoms with van der Waals surface area (Å²) < 4.78 is 2.06. The standard InChI is InChI=1S/C21H25N5O3S/c1-5-26-13(4)22-15-11-14(8-9-16(15)26)19(27)24-25-21(29)18(12(2)3)23-20(28)17-7-6-10-30-17/h6-12,18H,5H2,1-4H3,(H,23,28)(H,24,27)(H,25,29). The minimum absolute atomic E-state index is 0.164. The van der Waals surface area contributed by atoms with E-state index in [0.717, 1.165) is 23.4 Å². The maximum atomic E-state index is 12.6. The molecule has 0 aliphatic carbocycles. The third kappa shape index (κ3) is 4.51. The van der Waals surface area contributed by atoms with Gasteiger partial charge in [-0.25, -0.2) is 4.98 Å². The highest BCUT2D eigenvalue weighted by molar-refractivity contribution is 7.12. The third-order valence-corrected chi connectivity index (χ3v) is 5.67. The molecule has 158 valence electrons. The number of aryl methyl sites for hydroxylation is 2. The van der Waals surface area contributed by atoms with Crippen molar-refractivity contribution in [2.75, 3.05) is 0 Å². The molecule has 3 N–H and O–H groups in total. The number of nitrogens with one attached hydrogen (secondary N) is 3. The van der Waals surface area contributed by atoms with Crippen LogP contribution in [0.1, 0.15) is 46.6 Å². The van der Waals surface area contributed by atoms with Gasteiger partial charge >= 0.3 is 0 Å². The fraction of sp³-hybridized carbons (Fsp3) is 0.333. The number of imidazole rings is 1. The molecule has 0 radical (unpaired) electrons. The van der Waals surface area contributed by atoms with E-state index < -0.39 is 17.9 Å². The van der Waals surface area contributed by atoms with Gasteiger partial charge in [0.25, 0.3) is 17.7 Å². The van der Waals surface area contributed by atoms with Gasteiger partial charge in [0.05, 0.1) is 15.9 Å². The topological polar surface area (TPSA) is 105 Å². The van der Waals surface area contributed by atoms with E-state index in [4.69, 9.17) is 0 Å². The Bertz CT molecular complexity index is 1070. The predicted molar refractivity (Wildman–Crippen MR) is 116 cm³/mol. The first-order valence-corrected chi connectivity index (χ1v) is 10.6. The van der Waals surface area contributed by atoms with E-state index >= 15 is 0 Å². The second kappa shape index (κ2) is 9.08. The van der Waals surface area contributed by atoms with E-state index in [1.165, 1.54) is 11.3 Å². The lowest BCUT2D eigenvalue weighted by Crippen LogP contribution is -2.54. The maximum Gasteiger partial charge on any atom is 0.269 e. The molecule has 0 saturated carbocycles. The summed E-state index contributed by atoms with van der Waals surface area (Å²) >= 11 is 1.30. The molecule has 0 fully saturated rings. The van der Waals surface area contributed by atoms with Crippen molar-refractivity contribution in [3.8, 4) is 0 Å². The average Bonchev–Trinajstić information content (AvgIpc) is 3.36. The lowest BCUT2D eigenvalue weighted by Gasteiger charge is -2.21. The molecule has 2 heterocycles. The normalized spacial score (nSPS) is 12.0. The van der Waals surface area contributed by atoms with Gasteiger partial charge in [-0.15, -0.1) is 11.3 Å². The fourth-order valence-corrected chi connectivity index (χ4v) is 3.84. The molecular formula is C21H25N5O3S. The van der Waals surface area contributed by atoms with Crippen molar-refractivity contribution in [2.45, 2.75) is 40.3 Å². The number of hydrazine groups is 1. The number of aromatic nitrogens is 2. The number of amides is 3. The number of carbonyl (C=O) groups is 3. The SMILES string of the molecule is CCn1c(C)nc2cc(C(=O)NNC(=O)C(NC(=O)c3cccs3)C(C)C)ccc21. The molecule has 0 spiro atoms. The minimum atomic E-state index is -0.787. The molecule has 1 aromatic carbocycles. The molecule has 1 atom stereocenters. The minimum Gasteiger partial charge on any atom is -0.339 e. The second-order valence-corrected chi connectivity index (χ2v) is 8.17. The van der Waals surface area contributed by atoms with E-state index in [2.05, 4.69) is 25.7 Å². The summed E-state index contributed by atoms with van der Waals surface area (Å²) in [4.78, 5) is 42.4. The van der Waals surface area contributed by atoms with Gasteiger partial charge in [0.2, 0.25) is 0 Å². The molecule has 3 rings (SSSR count). The van der Waals surface area contributed by atoms with E-state index in [1.807, 2.05) is 33.8 Å². The number of nitrogens with zero attached hydrogens (tertiary/aromatic N) is 2. The zero-order valence-corrected chi connectivity index (χ0v) is 18.2. The number of hydrogen-bond acceptors (Lipinski definition) is 5. The summed E-state index contributed by atoms with van der Waals surface area (Å²) in [5.41, 5.74) is 6.89. The summed E-state index contributed by atoms with van der Waals surface area (Å²) in [6.45, 7) is 8.38. The molecule has 1 unspecified atom stereocenters. The van der Waals surface area contributed by atoms with Crippen molar-refractivity contribution in [1.29, 1.82) is 0 Å². The first-order valence-electron chi connectivity index (χ1n) is 9.73. The molecule has 8 nitrogen and oxygen atoms in total. The van der Waals surface area contributed by atoms with Crippen molar-refractivity contribution in [3.63, 3.8) is 0 Å². The molecule has 2 aromatic heterocycles. The quantitative estimate of drug-likeness (QED) is 0.526. The highest BCUT2D eigenvalue weighted by Gasteiger charge is 2.25. The monoisotopic (exact) mass is 427 g/mol. The van der Waals surface area contributed by atoms with Crippen LogP contribution < -0.4 is 16.2 Å². The number of fused-ring (bicyclic) bond motifs is 1. The van der Waals surface area contributed by atoms with Gasteiger partial charge in [-0.05, 0) is 49.4 Å². The van der Waals surface area contributed by atoms with Gasteiger partial charge in [-0.1, -0.05) is 19.9 Å². The van der Waals surface area contributed by atoms with Crippen LogP contribution in [0.5, 0.6) is 0 Å². The van der Waals surface area contributed by atoms with Crippen molar-refractivity contribution in [3.05, 3.63) is 52.0 Å². The molecule has 30 heavy (non-hydrogen) atoms. The first kappa shape index (κ1) is 21.5. The number of thiophene rings is 1. The summed E-state index contributed by atoms with van der Waals surface area (Å²) in [6.07, 6.45) is 0. The molecule has 0 aliphatic heterocycles. The molecule has 3 amide bonds. The average molecular weight is 428 g/mol.